The van der Waals surface area contributed by atoms with E-state index < -0.39 is 0 Å². The summed E-state index contributed by atoms with van der Waals surface area (Å²) in [4.78, 5) is 16.8. The Kier molecular flexibility index (Phi) is 3.73. The second-order valence-corrected chi connectivity index (χ2v) is 5.95. The maximum Gasteiger partial charge on any atom is 0.240 e. The number of carbonyl (C=O) groups is 1. The van der Waals surface area contributed by atoms with Crippen molar-refractivity contribution in [3.63, 3.8) is 0 Å². The quantitative estimate of drug-likeness (QED) is 0.784. The largest absolute Gasteiger partial charge is 0.334 e. The predicted molar refractivity (Wildman–Crippen MR) is 68.6 cm³/mol. The highest BCUT2D eigenvalue weighted by Gasteiger charge is 2.41. The van der Waals surface area contributed by atoms with Crippen molar-refractivity contribution in [1.82, 2.24) is 9.80 Å². The number of nitrogens with two attached hydrogens (primary N) is 1. The average Bonchev–Trinajstić information content (AvgIpc) is 3.01. The fourth-order valence-electron chi connectivity index (χ4n) is 2.61. The van der Waals surface area contributed by atoms with Crippen molar-refractivity contribution in [2.24, 2.45) is 11.7 Å². The van der Waals surface area contributed by atoms with E-state index in [2.05, 4.69) is 16.8 Å². The molecule has 1 saturated carbocycles. The lowest BCUT2D eigenvalue weighted by molar-refractivity contribution is -0.136. The number of hydrogen-bond donors (Lipinski definition) is 1. The van der Waals surface area contributed by atoms with Gasteiger partial charge < -0.3 is 15.5 Å². The molecule has 0 radical (unpaired) electrons. The van der Waals surface area contributed by atoms with Gasteiger partial charge >= 0.3 is 0 Å². The molecule has 2 N–H and O–H groups in total. The van der Waals surface area contributed by atoms with Gasteiger partial charge in [0.2, 0.25) is 5.91 Å². The minimum absolute atomic E-state index is 0.169. The van der Waals surface area contributed by atoms with Gasteiger partial charge in [-0.25, -0.2) is 0 Å². The Morgan fingerprint density at radius 3 is 2.35 bits per heavy atom. The van der Waals surface area contributed by atoms with Crippen molar-refractivity contribution in [2.75, 3.05) is 20.1 Å². The molecule has 2 fully saturated rings. The van der Waals surface area contributed by atoms with Crippen LogP contribution in [0.5, 0.6) is 0 Å². The first-order chi connectivity index (χ1) is 8.00. The van der Waals surface area contributed by atoms with Crippen LogP contribution in [0.3, 0.4) is 0 Å². The van der Waals surface area contributed by atoms with Crippen LogP contribution in [0.25, 0.3) is 0 Å². The molecule has 0 aromatic carbocycles. The summed E-state index contributed by atoms with van der Waals surface area (Å²) >= 11 is 0. The Labute approximate surface area is 104 Å². The van der Waals surface area contributed by atoms with Crippen molar-refractivity contribution >= 4 is 5.91 Å². The topological polar surface area (TPSA) is 49.6 Å². The van der Waals surface area contributed by atoms with Gasteiger partial charge in [0.25, 0.3) is 0 Å². The number of nitrogens with zero attached hydrogens (tertiary/aromatic N) is 2. The van der Waals surface area contributed by atoms with Crippen LogP contribution in [0.2, 0.25) is 0 Å². The van der Waals surface area contributed by atoms with Crippen LogP contribution < -0.4 is 5.73 Å². The molecule has 0 aromatic rings. The average molecular weight is 239 g/mol. The third kappa shape index (κ3) is 2.80. The van der Waals surface area contributed by atoms with Gasteiger partial charge in [0.15, 0.2) is 0 Å². The van der Waals surface area contributed by atoms with Crippen molar-refractivity contribution in [3.8, 4) is 0 Å². The van der Waals surface area contributed by atoms with Gasteiger partial charge in [-0.2, -0.15) is 0 Å². The summed E-state index contributed by atoms with van der Waals surface area (Å²) in [5, 5.41) is 0. The molecule has 2 rings (SSSR count). The zero-order chi connectivity index (χ0) is 12.6. The minimum Gasteiger partial charge on any atom is -0.334 e. The lowest BCUT2D eigenvalue weighted by Crippen LogP contribution is -2.52. The molecule has 1 aliphatic carbocycles. The van der Waals surface area contributed by atoms with E-state index in [1.165, 1.54) is 0 Å². The molecule has 17 heavy (non-hydrogen) atoms. The van der Waals surface area contributed by atoms with E-state index in [1.54, 1.807) is 0 Å². The molecule has 1 saturated heterocycles. The summed E-state index contributed by atoms with van der Waals surface area (Å²) in [5.74, 6) is 0.394. The molecule has 98 valence electrons. The third-order valence-electron chi connectivity index (χ3n) is 3.96. The van der Waals surface area contributed by atoms with Gasteiger partial charge in [-0.1, -0.05) is 13.8 Å². The first-order valence-corrected chi connectivity index (χ1v) is 6.77. The zero-order valence-corrected chi connectivity index (χ0v) is 11.2. The van der Waals surface area contributed by atoms with E-state index in [9.17, 15) is 4.79 Å². The SMILES string of the molecule is CC(C)[C@H](N)C(=O)N(C1CC1)C1CCN(C)C1. The lowest BCUT2D eigenvalue weighted by Gasteiger charge is -2.32. The van der Waals surface area contributed by atoms with E-state index in [-0.39, 0.29) is 17.9 Å². The van der Waals surface area contributed by atoms with Gasteiger partial charge in [-0.15, -0.1) is 0 Å². The normalized spacial score (nSPS) is 27.5. The summed E-state index contributed by atoms with van der Waals surface area (Å²) < 4.78 is 0. The Hall–Kier alpha value is -0.610. The Balaban J connectivity index is 2.04. The van der Waals surface area contributed by atoms with Gasteiger partial charge in [-0.3, -0.25) is 4.79 Å². The number of likely N-dealkylation sites (N-methyl/N-ethyl adjacent to an activating group) is 1. The maximum atomic E-state index is 12.4. The van der Waals surface area contributed by atoms with E-state index in [4.69, 9.17) is 5.73 Å². The highest BCUT2D eigenvalue weighted by molar-refractivity contribution is 5.83. The molecular formula is C13H25N3O. The van der Waals surface area contributed by atoms with Gasteiger partial charge in [-0.05, 0) is 38.8 Å². The highest BCUT2D eigenvalue weighted by Crippen LogP contribution is 2.32. The van der Waals surface area contributed by atoms with Gasteiger partial charge in [0.1, 0.15) is 0 Å². The highest BCUT2D eigenvalue weighted by atomic mass is 16.2. The molecule has 4 heteroatoms. The van der Waals surface area contributed by atoms with Crippen molar-refractivity contribution in [1.29, 1.82) is 0 Å². The van der Waals surface area contributed by atoms with Crippen LogP contribution in [0.15, 0.2) is 0 Å². The number of hydrogen-bond acceptors (Lipinski definition) is 3. The van der Waals surface area contributed by atoms with Crippen LogP contribution in [0, 0.1) is 5.92 Å². The Bertz CT molecular complexity index is 288. The molecule has 1 aliphatic heterocycles. The van der Waals surface area contributed by atoms with Crippen molar-refractivity contribution in [3.05, 3.63) is 0 Å². The second kappa shape index (κ2) is 4.94. The maximum absolute atomic E-state index is 12.4. The molecule has 2 atom stereocenters. The first-order valence-electron chi connectivity index (χ1n) is 6.77. The number of amides is 1. The lowest BCUT2D eigenvalue weighted by atomic mass is 10.0. The number of rotatable bonds is 4. The van der Waals surface area contributed by atoms with Crippen LogP contribution in [0.1, 0.15) is 33.1 Å². The third-order valence-corrected chi connectivity index (χ3v) is 3.96. The molecule has 1 unspecified atom stereocenters. The van der Waals surface area contributed by atoms with E-state index in [0.717, 1.165) is 32.4 Å². The van der Waals surface area contributed by atoms with E-state index >= 15 is 0 Å². The second-order valence-electron chi connectivity index (χ2n) is 5.95. The van der Waals surface area contributed by atoms with Crippen LogP contribution in [-0.2, 0) is 4.79 Å². The zero-order valence-electron chi connectivity index (χ0n) is 11.2. The minimum atomic E-state index is -0.332. The van der Waals surface area contributed by atoms with Gasteiger partial charge in [0, 0.05) is 18.6 Å². The van der Waals surface area contributed by atoms with Crippen LogP contribution in [0.4, 0.5) is 0 Å². The van der Waals surface area contributed by atoms with E-state index in [1.807, 2.05) is 13.8 Å². The van der Waals surface area contributed by atoms with Crippen molar-refractivity contribution < 1.29 is 4.79 Å². The fourth-order valence-corrected chi connectivity index (χ4v) is 2.61. The molecule has 1 heterocycles. The predicted octanol–water partition coefficient (Wildman–Crippen LogP) is 0.665. The molecule has 4 nitrogen and oxygen atoms in total. The van der Waals surface area contributed by atoms with E-state index in [0.29, 0.717) is 12.1 Å². The molecule has 0 aromatic heterocycles. The molecular weight excluding hydrogens is 214 g/mol. The summed E-state index contributed by atoms with van der Waals surface area (Å²) in [5.41, 5.74) is 6.02. The Morgan fingerprint density at radius 1 is 1.29 bits per heavy atom. The summed E-state index contributed by atoms with van der Waals surface area (Å²) in [7, 11) is 2.12. The molecule has 1 amide bonds. The molecule has 2 aliphatic rings. The smallest absolute Gasteiger partial charge is 0.240 e. The summed E-state index contributed by atoms with van der Waals surface area (Å²) in [6, 6.07) is 0.537. The standard InChI is InChI=1S/C13H25N3O/c1-9(2)12(14)13(17)16(10-4-5-10)11-6-7-15(3)8-11/h9-12H,4-8,14H2,1-3H3/t11?,12-/m0/s1. The van der Waals surface area contributed by atoms with Crippen molar-refractivity contribution in [2.45, 2.75) is 51.2 Å². The molecule has 0 bridgehead atoms. The summed E-state index contributed by atoms with van der Waals surface area (Å²) in [6.45, 7) is 6.15. The fraction of sp³-hybridized carbons (Fsp3) is 0.923. The van der Waals surface area contributed by atoms with Crippen LogP contribution in [-0.4, -0.2) is 54.0 Å². The number of carbonyl (C=O) groups excluding carboxylic acids is 1. The monoisotopic (exact) mass is 239 g/mol. The van der Waals surface area contributed by atoms with Gasteiger partial charge in [0.05, 0.1) is 6.04 Å². The summed E-state index contributed by atoms with van der Waals surface area (Å²) in [6.07, 6.45) is 3.43. The first kappa shape index (κ1) is 12.8. The van der Waals surface area contributed by atoms with Crippen LogP contribution >= 0.6 is 0 Å². The molecule has 0 spiro atoms. The Morgan fingerprint density at radius 2 is 1.94 bits per heavy atom. The number of likely N-dealkylation sites (tertiary alicyclic amines) is 1.